The molecule has 1 aliphatic rings. The normalized spacial score (nSPS) is 17.8. The molecule has 2 aromatic carbocycles. The van der Waals surface area contributed by atoms with Crippen molar-refractivity contribution in [3.8, 4) is 0 Å². The molecule has 5 heteroatoms. The van der Waals surface area contributed by atoms with E-state index in [4.69, 9.17) is 4.74 Å². The first-order valence-electron chi connectivity index (χ1n) is 8.65. The van der Waals surface area contributed by atoms with Gasteiger partial charge in [0.15, 0.2) is 0 Å². The summed E-state index contributed by atoms with van der Waals surface area (Å²) in [4.78, 5) is 18.9. The van der Waals surface area contributed by atoms with Gasteiger partial charge in [-0.3, -0.25) is 4.79 Å². The fraction of sp³-hybridized carbons (Fsp3) is 0.300. The Kier molecular flexibility index (Phi) is 4.48. The Hall–Kier alpha value is -2.66. The van der Waals surface area contributed by atoms with Gasteiger partial charge in [-0.25, -0.2) is 4.98 Å². The van der Waals surface area contributed by atoms with Crippen molar-refractivity contribution in [2.24, 2.45) is 0 Å². The summed E-state index contributed by atoms with van der Waals surface area (Å²) in [6.45, 7) is 2.51. The van der Waals surface area contributed by atoms with Crippen molar-refractivity contribution in [3.05, 3.63) is 66.5 Å². The summed E-state index contributed by atoms with van der Waals surface area (Å²) in [6.07, 6.45) is 2.25. The lowest BCUT2D eigenvalue weighted by molar-refractivity contribution is -0.139. The molecule has 0 saturated carbocycles. The highest BCUT2D eigenvalue weighted by Crippen LogP contribution is 2.22. The lowest BCUT2D eigenvalue weighted by Crippen LogP contribution is -2.42. The Bertz CT molecular complexity index is 860. The first kappa shape index (κ1) is 15.8. The largest absolute Gasteiger partial charge is 0.370 e. The maximum atomic E-state index is 12.6. The van der Waals surface area contributed by atoms with Crippen molar-refractivity contribution >= 4 is 16.9 Å². The molecule has 0 spiro atoms. The number of aromatic nitrogens is 2. The zero-order valence-electron chi connectivity index (χ0n) is 14.0. The van der Waals surface area contributed by atoms with Crippen molar-refractivity contribution in [2.45, 2.75) is 19.1 Å². The molecule has 1 atom stereocenters. The quantitative estimate of drug-likeness (QED) is 0.736. The SMILES string of the molecule is O=C(CCn1cnc2ccccc21)N1CCOC(c2ccccc2)C1. The maximum absolute atomic E-state index is 12.6. The third kappa shape index (κ3) is 3.42. The van der Waals surface area contributed by atoms with E-state index in [1.165, 1.54) is 0 Å². The highest BCUT2D eigenvalue weighted by Gasteiger charge is 2.25. The van der Waals surface area contributed by atoms with Gasteiger partial charge in [0.05, 0.1) is 30.5 Å². The molecule has 0 N–H and O–H groups in total. The Labute approximate surface area is 146 Å². The zero-order chi connectivity index (χ0) is 17.1. The van der Waals surface area contributed by atoms with Crippen molar-refractivity contribution in [1.29, 1.82) is 0 Å². The lowest BCUT2D eigenvalue weighted by Gasteiger charge is -2.33. The highest BCUT2D eigenvalue weighted by molar-refractivity contribution is 5.77. The second-order valence-electron chi connectivity index (χ2n) is 6.29. The number of benzene rings is 2. The number of carbonyl (C=O) groups is 1. The predicted molar refractivity (Wildman–Crippen MR) is 96.1 cm³/mol. The number of aryl methyl sites for hydroxylation is 1. The first-order chi connectivity index (χ1) is 12.3. The average Bonchev–Trinajstić information content (AvgIpc) is 3.10. The van der Waals surface area contributed by atoms with Crippen LogP contribution in [-0.2, 0) is 16.1 Å². The van der Waals surface area contributed by atoms with Gasteiger partial charge in [-0.1, -0.05) is 42.5 Å². The minimum atomic E-state index is -0.0343. The number of ether oxygens (including phenoxy) is 1. The number of nitrogens with zero attached hydrogens (tertiary/aromatic N) is 3. The summed E-state index contributed by atoms with van der Waals surface area (Å²) >= 11 is 0. The van der Waals surface area contributed by atoms with Crippen LogP contribution in [0.5, 0.6) is 0 Å². The van der Waals surface area contributed by atoms with Crippen LogP contribution in [0, 0.1) is 0 Å². The summed E-state index contributed by atoms with van der Waals surface area (Å²) in [6, 6.07) is 18.1. The number of rotatable bonds is 4. The van der Waals surface area contributed by atoms with Crippen LogP contribution in [0.4, 0.5) is 0 Å². The molecule has 2 heterocycles. The topological polar surface area (TPSA) is 47.4 Å². The molecule has 1 unspecified atom stereocenters. The first-order valence-corrected chi connectivity index (χ1v) is 8.65. The molecule has 1 aliphatic heterocycles. The Morgan fingerprint density at radius 2 is 1.92 bits per heavy atom. The van der Waals surface area contributed by atoms with Gasteiger partial charge in [-0.15, -0.1) is 0 Å². The van der Waals surface area contributed by atoms with Gasteiger partial charge in [0.1, 0.15) is 6.10 Å². The molecule has 1 aromatic heterocycles. The molecular formula is C20H21N3O2. The number of fused-ring (bicyclic) bond motifs is 1. The van der Waals surface area contributed by atoms with Crippen LogP contribution >= 0.6 is 0 Å². The van der Waals surface area contributed by atoms with Gasteiger partial charge in [0, 0.05) is 19.5 Å². The van der Waals surface area contributed by atoms with Gasteiger partial charge in [-0.05, 0) is 17.7 Å². The van der Waals surface area contributed by atoms with Crippen LogP contribution in [0.1, 0.15) is 18.1 Å². The van der Waals surface area contributed by atoms with E-state index >= 15 is 0 Å². The predicted octanol–water partition coefficient (Wildman–Crippen LogP) is 3.03. The average molecular weight is 335 g/mol. The molecule has 4 rings (SSSR count). The monoisotopic (exact) mass is 335 g/mol. The van der Waals surface area contributed by atoms with E-state index in [9.17, 15) is 4.79 Å². The van der Waals surface area contributed by atoms with E-state index in [2.05, 4.69) is 17.1 Å². The van der Waals surface area contributed by atoms with E-state index in [0.29, 0.717) is 32.7 Å². The minimum absolute atomic E-state index is 0.0343. The second kappa shape index (κ2) is 7.07. The summed E-state index contributed by atoms with van der Waals surface area (Å²) < 4.78 is 7.89. The van der Waals surface area contributed by atoms with Crippen LogP contribution in [0.2, 0.25) is 0 Å². The van der Waals surface area contributed by atoms with Crippen LogP contribution in [0.25, 0.3) is 11.0 Å². The lowest BCUT2D eigenvalue weighted by atomic mass is 10.1. The number of morpholine rings is 1. The number of amides is 1. The molecule has 0 aliphatic carbocycles. The molecular weight excluding hydrogens is 314 g/mol. The van der Waals surface area contributed by atoms with E-state index in [1.54, 1.807) is 0 Å². The van der Waals surface area contributed by atoms with Crippen molar-refractivity contribution in [3.63, 3.8) is 0 Å². The third-order valence-corrected chi connectivity index (χ3v) is 4.68. The number of hydrogen-bond acceptors (Lipinski definition) is 3. The molecule has 128 valence electrons. The summed E-state index contributed by atoms with van der Waals surface area (Å²) in [5.41, 5.74) is 3.16. The van der Waals surface area contributed by atoms with Gasteiger partial charge in [0.25, 0.3) is 0 Å². The van der Waals surface area contributed by atoms with E-state index in [0.717, 1.165) is 16.6 Å². The fourth-order valence-corrected chi connectivity index (χ4v) is 3.31. The number of para-hydroxylation sites is 2. The van der Waals surface area contributed by atoms with E-state index in [1.807, 2.05) is 58.3 Å². The van der Waals surface area contributed by atoms with E-state index < -0.39 is 0 Å². The van der Waals surface area contributed by atoms with Crippen LogP contribution in [-0.4, -0.2) is 40.1 Å². The summed E-state index contributed by atoms with van der Waals surface area (Å²) in [7, 11) is 0. The number of hydrogen-bond donors (Lipinski definition) is 0. The molecule has 1 saturated heterocycles. The van der Waals surface area contributed by atoms with Crippen molar-refractivity contribution in [1.82, 2.24) is 14.5 Å². The van der Waals surface area contributed by atoms with Crippen molar-refractivity contribution < 1.29 is 9.53 Å². The van der Waals surface area contributed by atoms with Gasteiger partial charge in [-0.2, -0.15) is 0 Å². The molecule has 3 aromatic rings. The van der Waals surface area contributed by atoms with Gasteiger partial charge < -0.3 is 14.2 Å². The molecule has 25 heavy (non-hydrogen) atoms. The molecule has 5 nitrogen and oxygen atoms in total. The molecule has 0 radical (unpaired) electrons. The maximum Gasteiger partial charge on any atom is 0.224 e. The van der Waals surface area contributed by atoms with E-state index in [-0.39, 0.29) is 12.0 Å². The Morgan fingerprint density at radius 3 is 2.80 bits per heavy atom. The molecule has 1 amide bonds. The summed E-state index contributed by atoms with van der Waals surface area (Å²) in [5.74, 6) is 0.169. The number of carbonyl (C=O) groups excluding carboxylic acids is 1. The highest BCUT2D eigenvalue weighted by atomic mass is 16.5. The zero-order valence-corrected chi connectivity index (χ0v) is 14.0. The van der Waals surface area contributed by atoms with Crippen LogP contribution in [0.15, 0.2) is 60.9 Å². The Morgan fingerprint density at radius 1 is 1.12 bits per heavy atom. The van der Waals surface area contributed by atoms with Crippen molar-refractivity contribution in [2.75, 3.05) is 19.7 Å². The summed E-state index contributed by atoms with van der Waals surface area (Å²) in [5, 5.41) is 0. The standard InChI is InChI=1S/C20H21N3O2/c24-20(10-11-23-15-21-17-8-4-5-9-18(17)23)22-12-13-25-19(14-22)16-6-2-1-3-7-16/h1-9,15,19H,10-14H2. The van der Waals surface area contributed by atoms with Crippen LogP contribution < -0.4 is 0 Å². The molecule has 0 bridgehead atoms. The number of imidazole rings is 1. The van der Waals surface area contributed by atoms with Gasteiger partial charge >= 0.3 is 0 Å². The smallest absolute Gasteiger partial charge is 0.224 e. The minimum Gasteiger partial charge on any atom is -0.370 e. The van der Waals surface area contributed by atoms with Gasteiger partial charge in [0.2, 0.25) is 5.91 Å². The second-order valence-corrected chi connectivity index (χ2v) is 6.29. The Balaban J connectivity index is 1.39. The molecule has 1 fully saturated rings. The van der Waals surface area contributed by atoms with Crippen LogP contribution in [0.3, 0.4) is 0 Å². The third-order valence-electron chi connectivity index (χ3n) is 4.68. The fourth-order valence-electron chi connectivity index (χ4n) is 3.31.